The van der Waals surface area contributed by atoms with Gasteiger partial charge in [-0.3, -0.25) is 4.79 Å². The van der Waals surface area contributed by atoms with E-state index in [1.165, 1.54) is 0 Å². The van der Waals surface area contributed by atoms with Crippen LogP contribution in [0.5, 0.6) is 17.2 Å². The first-order chi connectivity index (χ1) is 12.6. The number of carbonyl (C=O) groups is 1. The fourth-order valence-electron chi connectivity index (χ4n) is 3.12. The van der Waals surface area contributed by atoms with Gasteiger partial charge in [0.15, 0.2) is 0 Å². The minimum Gasteiger partial charge on any atom is -0.494 e. The standard InChI is InChI=1S/C21H25NO4/c1-4-24-18-9-7-6-8-17(18)21(23)22-13-16-12-20-15(10-14(3)26-20)11-19(16)25-5-2/h6-9,11-12,14H,4-5,10,13H2,1-3H3,(H,22,23). The molecule has 0 aliphatic carbocycles. The Labute approximate surface area is 154 Å². The predicted octanol–water partition coefficient (Wildman–Crippen LogP) is 3.74. The molecule has 5 heteroatoms. The van der Waals surface area contributed by atoms with E-state index in [1.807, 2.05) is 45.0 Å². The number of hydrogen-bond acceptors (Lipinski definition) is 4. The average molecular weight is 355 g/mol. The van der Waals surface area contributed by atoms with Crippen molar-refractivity contribution in [1.29, 1.82) is 0 Å². The van der Waals surface area contributed by atoms with Crippen LogP contribution in [0.15, 0.2) is 36.4 Å². The second kappa shape index (κ2) is 8.13. The molecule has 0 saturated carbocycles. The molecule has 138 valence electrons. The Morgan fingerprint density at radius 2 is 1.88 bits per heavy atom. The van der Waals surface area contributed by atoms with E-state index in [0.717, 1.165) is 29.0 Å². The van der Waals surface area contributed by atoms with Gasteiger partial charge in [0.25, 0.3) is 5.91 Å². The zero-order valence-electron chi connectivity index (χ0n) is 15.5. The van der Waals surface area contributed by atoms with Crippen LogP contribution in [0, 0.1) is 0 Å². The quantitative estimate of drug-likeness (QED) is 0.822. The van der Waals surface area contributed by atoms with Crippen LogP contribution >= 0.6 is 0 Å². The van der Waals surface area contributed by atoms with Crippen molar-refractivity contribution < 1.29 is 19.0 Å². The first-order valence-corrected chi connectivity index (χ1v) is 9.07. The maximum absolute atomic E-state index is 12.6. The van der Waals surface area contributed by atoms with Crippen molar-refractivity contribution in [2.75, 3.05) is 13.2 Å². The number of nitrogens with one attached hydrogen (secondary N) is 1. The van der Waals surface area contributed by atoms with Gasteiger partial charge in [0.2, 0.25) is 0 Å². The van der Waals surface area contributed by atoms with Gasteiger partial charge in [-0.25, -0.2) is 0 Å². The lowest BCUT2D eigenvalue weighted by Crippen LogP contribution is -2.24. The third-order valence-electron chi connectivity index (χ3n) is 4.25. The molecular formula is C21H25NO4. The number of fused-ring (bicyclic) bond motifs is 1. The van der Waals surface area contributed by atoms with Crippen molar-refractivity contribution in [3.05, 3.63) is 53.1 Å². The van der Waals surface area contributed by atoms with E-state index in [9.17, 15) is 4.79 Å². The zero-order valence-corrected chi connectivity index (χ0v) is 15.5. The van der Waals surface area contributed by atoms with Gasteiger partial charge >= 0.3 is 0 Å². The highest BCUT2D eigenvalue weighted by atomic mass is 16.5. The Hall–Kier alpha value is -2.69. The summed E-state index contributed by atoms with van der Waals surface area (Å²) < 4.78 is 17.1. The van der Waals surface area contributed by atoms with Crippen LogP contribution in [0.1, 0.15) is 42.3 Å². The Bertz CT molecular complexity index is 788. The van der Waals surface area contributed by atoms with Gasteiger partial charge in [0.05, 0.1) is 18.8 Å². The van der Waals surface area contributed by atoms with Gasteiger partial charge in [0, 0.05) is 24.1 Å². The lowest BCUT2D eigenvalue weighted by Gasteiger charge is -2.14. The largest absolute Gasteiger partial charge is 0.494 e. The van der Waals surface area contributed by atoms with Gasteiger partial charge in [-0.2, -0.15) is 0 Å². The van der Waals surface area contributed by atoms with Crippen molar-refractivity contribution in [3.63, 3.8) is 0 Å². The van der Waals surface area contributed by atoms with E-state index in [2.05, 4.69) is 5.32 Å². The molecule has 0 saturated heterocycles. The van der Waals surface area contributed by atoms with Crippen molar-refractivity contribution in [3.8, 4) is 17.2 Å². The summed E-state index contributed by atoms with van der Waals surface area (Å²) in [6, 6.07) is 11.2. The van der Waals surface area contributed by atoms with Crippen molar-refractivity contribution in [2.45, 2.75) is 39.8 Å². The topological polar surface area (TPSA) is 56.8 Å². The van der Waals surface area contributed by atoms with E-state index in [4.69, 9.17) is 14.2 Å². The smallest absolute Gasteiger partial charge is 0.255 e. The molecule has 2 aromatic carbocycles. The predicted molar refractivity (Wildman–Crippen MR) is 100 cm³/mol. The summed E-state index contributed by atoms with van der Waals surface area (Å²) in [5.41, 5.74) is 2.58. The summed E-state index contributed by atoms with van der Waals surface area (Å²) in [6.07, 6.45) is 1.05. The molecule has 1 amide bonds. The molecule has 2 aromatic rings. The number of benzene rings is 2. The Morgan fingerprint density at radius 1 is 1.15 bits per heavy atom. The minimum atomic E-state index is -0.175. The molecule has 1 unspecified atom stereocenters. The number of rotatable bonds is 7. The van der Waals surface area contributed by atoms with Crippen LogP contribution in [-0.2, 0) is 13.0 Å². The molecule has 1 aliphatic rings. The molecule has 5 nitrogen and oxygen atoms in total. The van der Waals surface area contributed by atoms with Crippen LogP contribution in [-0.4, -0.2) is 25.2 Å². The summed E-state index contributed by atoms with van der Waals surface area (Å²) in [5.74, 6) is 2.08. The molecule has 0 spiro atoms. The molecular weight excluding hydrogens is 330 g/mol. The number of amides is 1. The first kappa shape index (κ1) is 18.1. The van der Waals surface area contributed by atoms with E-state index < -0.39 is 0 Å². The van der Waals surface area contributed by atoms with Crippen LogP contribution in [0.3, 0.4) is 0 Å². The number of para-hydroxylation sites is 1. The van der Waals surface area contributed by atoms with Crippen LogP contribution < -0.4 is 19.5 Å². The SMILES string of the molecule is CCOc1cc2c(cc1CNC(=O)c1ccccc1OCC)OC(C)C2. The molecule has 1 N–H and O–H groups in total. The summed E-state index contributed by atoms with van der Waals surface area (Å²) >= 11 is 0. The average Bonchev–Trinajstić information content (AvgIpc) is 2.99. The van der Waals surface area contributed by atoms with Gasteiger partial charge in [0.1, 0.15) is 23.4 Å². The molecule has 1 atom stereocenters. The lowest BCUT2D eigenvalue weighted by molar-refractivity contribution is 0.0946. The normalized spacial score (nSPS) is 15.1. The summed E-state index contributed by atoms with van der Waals surface area (Å²) in [5, 5.41) is 2.96. The zero-order chi connectivity index (χ0) is 18.5. The van der Waals surface area contributed by atoms with E-state index in [0.29, 0.717) is 31.1 Å². The molecule has 0 radical (unpaired) electrons. The van der Waals surface area contributed by atoms with Gasteiger partial charge in [-0.05, 0) is 45.0 Å². The van der Waals surface area contributed by atoms with Gasteiger partial charge in [-0.1, -0.05) is 12.1 Å². The summed E-state index contributed by atoms with van der Waals surface area (Å²) in [4.78, 5) is 12.6. The van der Waals surface area contributed by atoms with E-state index in [-0.39, 0.29) is 12.0 Å². The first-order valence-electron chi connectivity index (χ1n) is 9.07. The van der Waals surface area contributed by atoms with Crippen LogP contribution in [0.2, 0.25) is 0 Å². The van der Waals surface area contributed by atoms with E-state index >= 15 is 0 Å². The fourth-order valence-corrected chi connectivity index (χ4v) is 3.12. The minimum absolute atomic E-state index is 0.169. The molecule has 0 bridgehead atoms. The summed E-state index contributed by atoms with van der Waals surface area (Å²) in [6.45, 7) is 7.34. The monoisotopic (exact) mass is 355 g/mol. The molecule has 0 aromatic heterocycles. The van der Waals surface area contributed by atoms with Gasteiger partial charge < -0.3 is 19.5 Å². The van der Waals surface area contributed by atoms with E-state index in [1.54, 1.807) is 12.1 Å². The summed E-state index contributed by atoms with van der Waals surface area (Å²) in [7, 11) is 0. The lowest BCUT2D eigenvalue weighted by atomic mass is 10.1. The third-order valence-corrected chi connectivity index (χ3v) is 4.25. The molecule has 3 rings (SSSR count). The molecule has 1 aliphatic heterocycles. The van der Waals surface area contributed by atoms with Crippen LogP contribution in [0.4, 0.5) is 0 Å². The second-order valence-corrected chi connectivity index (χ2v) is 6.25. The van der Waals surface area contributed by atoms with Crippen molar-refractivity contribution >= 4 is 5.91 Å². The Morgan fingerprint density at radius 3 is 2.65 bits per heavy atom. The third kappa shape index (κ3) is 3.93. The number of hydrogen-bond donors (Lipinski definition) is 1. The maximum atomic E-state index is 12.6. The molecule has 0 fully saturated rings. The molecule has 26 heavy (non-hydrogen) atoms. The number of carbonyl (C=O) groups excluding carboxylic acids is 1. The van der Waals surface area contributed by atoms with Crippen molar-refractivity contribution in [1.82, 2.24) is 5.32 Å². The molecule has 1 heterocycles. The van der Waals surface area contributed by atoms with Gasteiger partial charge in [-0.15, -0.1) is 0 Å². The Kier molecular flexibility index (Phi) is 5.66. The van der Waals surface area contributed by atoms with Crippen LogP contribution in [0.25, 0.3) is 0 Å². The highest BCUT2D eigenvalue weighted by Gasteiger charge is 2.22. The fraction of sp³-hybridized carbons (Fsp3) is 0.381. The van der Waals surface area contributed by atoms with Crippen molar-refractivity contribution in [2.24, 2.45) is 0 Å². The number of ether oxygens (including phenoxy) is 3. The highest BCUT2D eigenvalue weighted by molar-refractivity contribution is 5.96. The second-order valence-electron chi connectivity index (χ2n) is 6.25. The maximum Gasteiger partial charge on any atom is 0.255 e. The Balaban J connectivity index is 1.77. The highest BCUT2D eigenvalue weighted by Crippen LogP contribution is 2.35.